The van der Waals surface area contributed by atoms with Crippen LogP contribution in [0.25, 0.3) is 0 Å². The summed E-state index contributed by atoms with van der Waals surface area (Å²) < 4.78 is 4.43. The second kappa shape index (κ2) is 8.80. The molecule has 10 heteroatoms. The highest BCUT2D eigenvalue weighted by Crippen LogP contribution is 2.27. The van der Waals surface area contributed by atoms with Gasteiger partial charge < -0.3 is 4.74 Å². The molecule has 0 saturated carbocycles. The smallest absolute Gasteiger partial charge is 0.353 e. The molecule has 110 valence electrons. The Bertz CT molecular complexity index is 520. The maximum Gasteiger partial charge on any atom is 0.353 e. The highest BCUT2D eigenvalue weighted by atomic mass is 35.5. The van der Waals surface area contributed by atoms with Gasteiger partial charge >= 0.3 is 5.97 Å². The monoisotopic (exact) mass is 303 g/mol. The van der Waals surface area contributed by atoms with Gasteiger partial charge in [-0.05, 0) is 19.1 Å². The van der Waals surface area contributed by atoms with E-state index in [-0.39, 0.29) is 22.1 Å². The number of hydrazone groups is 1. The van der Waals surface area contributed by atoms with Gasteiger partial charge in [-0.25, -0.2) is 4.79 Å². The van der Waals surface area contributed by atoms with Crippen molar-refractivity contribution >= 4 is 34.7 Å². The average Bonchev–Trinajstić information content (AvgIpc) is 2.46. The van der Waals surface area contributed by atoms with E-state index in [0.717, 1.165) is 0 Å². The molecule has 1 rings (SSSR count). The zero-order valence-corrected chi connectivity index (χ0v) is 11.5. The third kappa shape index (κ3) is 5.18. The van der Waals surface area contributed by atoms with E-state index in [4.69, 9.17) is 11.6 Å². The number of hydrazine groups is 1. The van der Waals surface area contributed by atoms with E-state index >= 15 is 0 Å². The second-order valence-electron chi connectivity index (χ2n) is 3.22. The normalized spacial score (nSPS) is 10.2. The largest absolute Gasteiger partial charge is 0.464 e. The van der Waals surface area contributed by atoms with Crippen molar-refractivity contribution in [2.45, 2.75) is 6.92 Å². The van der Waals surface area contributed by atoms with Gasteiger partial charge in [0.1, 0.15) is 11.4 Å². The number of hydrogen-bond acceptors (Lipinski definition) is 8. The van der Waals surface area contributed by atoms with Gasteiger partial charge in [0.05, 0.1) is 12.0 Å². The summed E-state index contributed by atoms with van der Waals surface area (Å²) in [5, 5.41) is 14.7. The van der Waals surface area contributed by atoms with Gasteiger partial charge in [-0.3, -0.25) is 27.2 Å². The van der Waals surface area contributed by atoms with Gasteiger partial charge in [-0.2, -0.15) is 5.10 Å². The first-order valence-electron chi connectivity index (χ1n) is 5.11. The highest BCUT2D eigenvalue weighted by molar-refractivity contribution is 6.35. The summed E-state index contributed by atoms with van der Waals surface area (Å²) in [7, 11) is 1.21. The molecule has 1 aromatic rings. The van der Waals surface area contributed by atoms with Gasteiger partial charge in [-0.1, -0.05) is 11.6 Å². The summed E-state index contributed by atoms with van der Waals surface area (Å²) >= 11 is 5.65. The van der Waals surface area contributed by atoms with Crippen LogP contribution in [0.1, 0.15) is 6.92 Å². The lowest BCUT2D eigenvalue weighted by atomic mass is 10.3. The Labute approximate surface area is 119 Å². The third-order valence-corrected chi connectivity index (χ3v) is 2.22. The van der Waals surface area contributed by atoms with Crippen molar-refractivity contribution in [3.05, 3.63) is 33.3 Å². The average molecular weight is 304 g/mol. The molecule has 0 radical (unpaired) electrons. The first kappa shape index (κ1) is 17.8. The van der Waals surface area contributed by atoms with Crippen molar-refractivity contribution in [2.24, 2.45) is 16.8 Å². The number of nitrogens with one attached hydrogen (secondary N) is 1. The van der Waals surface area contributed by atoms with Gasteiger partial charge in [0.2, 0.25) is 0 Å². The van der Waals surface area contributed by atoms with Gasteiger partial charge in [-0.15, -0.1) is 0 Å². The van der Waals surface area contributed by atoms with Crippen LogP contribution in [0.2, 0.25) is 5.02 Å². The number of halogens is 1. The molecular formula is C10H14ClN5O4. The minimum absolute atomic E-state index is 0.0433. The molecule has 5 N–H and O–H groups in total. The molecule has 0 spiro atoms. The number of benzene rings is 1. The number of ether oxygens (including phenoxy) is 1. The Hall–Kier alpha value is -2.23. The van der Waals surface area contributed by atoms with E-state index in [1.54, 1.807) is 0 Å². The molecule has 0 aromatic heterocycles. The maximum absolute atomic E-state index is 11.1. The Morgan fingerprint density at radius 1 is 1.50 bits per heavy atom. The Kier molecular flexibility index (Phi) is 7.82. The number of esters is 1. The Morgan fingerprint density at radius 3 is 2.60 bits per heavy atom. The number of methoxy groups -OCH3 is 1. The standard InChI is InChI=1S/C10H10ClN3O4.H4N2/c1-6(10(15)18-2)12-13-8-4-3-7(11)5-9(8)14(16)17;1-2/h3-5,13H,1-2H3;1-2H2. The fourth-order valence-electron chi connectivity index (χ4n) is 1.09. The van der Waals surface area contributed by atoms with E-state index in [0.29, 0.717) is 0 Å². The van der Waals surface area contributed by atoms with Crippen molar-refractivity contribution in [2.75, 3.05) is 12.5 Å². The first-order valence-corrected chi connectivity index (χ1v) is 5.49. The minimum Gasteiger partial charge on any atom is -0.464 e. The van der Waals surface area contributed by atoms with Crippen LogP contribution in [0.5, 0.6) is 0 Å². The lowest BCUT2D eigenvalue weighted by molar-refractivity contribution is -0.383. The van der Waals surface area contributed by atoms with E-state index in [2.05, 4.69) is 26.9 Å². The van der Waals surface area contributed by atoms with Crippen LogP contribution >= 0.6 is 11.6 Å². The van der Waals surface area contributed by atoms with Crippen LogP contribution in [-0.2, 0) is 9.53 Å². The van der Waals surface area contributed by atoms with E-state index in [1.165, 1.54) is 32.2 Å². The first-order chi connectivity index (χ1) is 9.45. The van der Waals surface area contributed by atoms with Gasteiger partial charge in [0.15, 0.2) is 0 Å². The molecule has 0 aliphatic rings. The topological polar surface area (TPSA) is 146 Å². The number of nitro groups is 1. The molecule has 0 amide bonds. The Morgan fingerprint density at radius 2 is 2.10 bits per heavy atom. The van der Waals surface area contributed by atoms with Crippen molar-refractivity contribution < 1.29 is 14.5 Å². The summed E-state index contributed by atoms with van der Waals surface area (Å²) in [6.07, 6.45) is 0. The highest BCUT2D eigenvalue weighted by Gasteiger charge is 2.14. The van der Waals surface area contributed by atoms with Crippen molar-refractivity contribution in [3.8, 4) is 0 Å². The fraction of sp³-hybridized carbons (Fsp3) is 0.200. The summed E-state index contributed by atoms with van der Waals surface area (Å²) in [5.41, 5.74) is 2.37. The Balaban J connectivity index is 0.00000172. The summed E-state index contributed by atoms with van der Waals surface area (Å²) in [4.78, 5) is 21.2. The molecule has 20 heavy (non-hydrogen) atoms. The number of nitrogens with zero attached hydrogens (tertiary/aromatic N) is 2. The van der Waals surface area contributed by atoms with E-state index < -0.39 is 10.9 Å². The number of nitro benzene ring substituents is 1. The molecule has 1 aromatic carbocycles. The predicted molar refractivity (Wildman–Crippen MR) is 75.2 cm³/mol. The summed E-state index contributed by atoms with van der Waals surface area (Å²) in [5.74, 6) is 7.37. The van der Waals surface area contributed by atoms with E-state index in [1.807, 2.05) is 0 Å². The van der Waals surface area contributed by atoms with Crippen molar-refractivity contribution in [1.82, 2.24) is 0 Å². The van der Waals surface area contributed by atoms with Crippen molar-refractivity contribution in [1.29, 1.82) is 0 Å². The number of nitrogens with two attached hydrogens (primary N) is 2. The minimum atomic E-state index is -0.626. The molecule has 0 fully saturated rings. The lowest BCUT2D eigenvalue weighted by Gasteiger charge is -2.03. The van der Waals surface area contributed by atoms with Crippen LogP contribution in [0.4, 0.5) is 11.4 Å². The molecule has 0 atom stereocenters. The van der Waals surface area contributed by atoms with E-state index in [9.17, 15) is 14.9 Å². The molecule has 0 aliphatic carbocycles. The van der Waals surface area contributed by atoms with Crippen LogP contribution in [0.15, 0.2) is 23.3 Å². The second-order valence-corrected chi connectivity index (χ2v) is 3.66. The van der Waals surface area contributed by atoms with Crippen LogP contribution < -0.4 is 17.1 Å². The molecule has 0 aliphatic heterocycles. The zero-order chi connectivity index (χ0) is 15.7. The lowest BCUT2D eigenvalue weighted by Crippen LogP contribution is -2.13. The molecular weight excluding hydrogens is 290 g/mol. The molecule has 9 nitrogen and oxygen atoms in total. The summed E-state index contributed by atoms with van der Waals surface area (Å²) in [6.45, 7) is 1.42. The maximum atomic E-state index is 11.1. The quantitative estimate of drug-likeness (QED) is 0.247. The number of carbonyl (C=O) groups is 1. The van der Waals surface area contributed by atoms with Gasteiger partial charge in [0.25, 0.3) is 5.69 Å². The summed E-state index contributed by atoms with van der Waals surface area (Å²) in [6, 6.07) is 4.06. The molecule has 0 unspecified atom stereocenters. The molecule has 0 heterocycles. The van der Waals surface area contributed by atoms with Crippen LogP contribution in [-0.4, -0.2) is 23.7 Å². The number of carbonyl (C=O) groups excluding carboxylic acids is 1. The SMILES string of the molecule is COC(=O)C(C)=NNc1ccc(Cl)cc1[N+](=O)[O-].NN. The predicted octanol–water partition coefficient (Wildman–Crippen LogP) is 1.03. The third-order valence-electron chi connectivity index (χ3n) is 1.98. The fourth-order valence-corrected chi connectivity index (χ4v) is 1.25. The van der Waals surface area contributed by atoms with Crippen LogP contribution in [0.3, 0.4) is 0 Å². The number of anilines is 1. The number of rotatable bonds is 4. The van der Waals surface area contributed by atoms with Gasteiger partial charge in [0, 0.05) is 11.1 Å². The van der Waals surface area contributed by atoms with Crippen LogP contribution in [0, 0.1) is 10.1 Å². The van der Waals surface area contributed by atoms with Crippen molar-refractivity contribution in [3.63, 3.8) is 0 Å². The molecule has 0 bridgehead atoms. The zero-order valence-electron chi connectivity index (χ0n) is 10.8. The molecule has 0 saturated heterocycles. The number of hydrogen-bond donors (Lipinski definition) is 3.